The van der Waals surface area contributed by atoms with Crippen LogP contribution in [-0.4, -0.2) is 54.3 Å². The van der Waals surface area contributed by atoms with E-state index in [1.54, 1.807) is 4.90 Å². The zero-order valence-electron chi connectivity index (χ0n) is 22.4. The number of hydrogen-bond acceptors (Lipinski definition) is 3. The molecule has 1 fully saturated rings. The predicted octanol–water partition coefficient (Wildman–Crippen LogP) is 5.16. The maximum Gasteiger partial charge on any atom is 0.253 e. The number of amides is 1. The van der Waals surface area contributed by atoms with Gasteiger partial charge in [-0.2, -0.15) is 4.31 Å². The van der Waals surface area contributed by atoms with Gasteiger partial charge in [-0.15, -0.1) is 0 Å². The Labute approximate surface area is 215 Å². The largest absolute Gasteiger partial charge is 0.336 e. The number of aryl methyl sites for hydroxylation is 4. The van der Waals surface area contributed by atoms with Crippen LogP contribution in [0.5, 0.6) is 0 Å². The lowest BCUT2D eigenvalue weighted by Gasteiger charge is -2.35. The first kappa shape index (κ1) is 26.2. The van der Waals surface area contributed by atoms with Gasteiger partial charge < -0.3 is 9.47 Å². The highest BCUT2D eigenvalue weighted by Crippen LogP contribution is 2.31. The lowest BCUT2D eigenvalue weighted by atomic mass is 9.85. The predicted molar refractivity (Wildman–Crippen MR) is 145 cm³/mol. The van der Waals surface area contributed by atoms with Gasteiger partial charge in [0, 0.05) is 48.8 Å². The molecular formula is C29H37N3O3S. The van der Waals surface area contributed by atoms with Crippen LogP contribution in [0.3, 0.4) is 0 Å². The number of aromatic nitrogens is 1. The van der Waals surface area contributed by atoms with Crippen LogP contribution >= 0.6 is 0 Å². The van der Waals surface area contributed by atoms with Crippen molar-refractivity contribution in [3.8, 4) is 5.69 Å². The fourth-order valence-corrected chi connectivity index (χ4v) is 6.90. The van der Waals surface area contributed by atoms with E-state index >= 15 is 0 Å². The van der Waals surface area contributed by atoms with E-state index in [1.807, 2.05) is 50.2 Å². The smallest absolute Gasteiger partial charge is 0.253 e. The van der Waals surface area contributed by atoms with Gasteiger partial charge in [-0.05, 0) is 86.2 Å². The number of nitrogens with zero attached hydrogens (tertiary/aromatic N) is 3. The molecule has 1 amide bonds. The van der Waals surface area contributed by atoms with Crippen molar-refractivity contribution in [2.24, 2.45) is 0 Å². The van der Waals surface area contributed by atoms with Crippen LogP contribution in [0, 0.1) is 27.7 Å². The second-order valence-electron chi connectivity index (χ2n) is 10.9. The number of hydrogen-bond donors (Lipinski definition) is 0. The fourth-order valence-electron chi connectivity index (χ4n) is 5.06. The molecule has 2 aromatic carbocycles. The Hall–Kier alpha value is -2.90. The summed E-state index contributed by atoms with van der Waals surface area (Å²) in [5.41, 5.74) is 6.53. The van der Waals surface area contributed by atoms with Gasteiger partial charge in [-0.25, -0.2) is 8.42 Å². The van der Waals surface area contributed by atoms with Crippen LogP contribution in [0.4, 0.5) is 0 Å². The summed E-state index contributed by atoms with van der Waals surface area (Å²) in [4.78, 5) is 15.3. The Morgan fingerprint density at radius 3 is 1.75 bits per heavy atom. The standard InChI is InChI=1S/C29H37N3O3S/c1-20-18-25(29(5,6)7)19-21(2)27(20)36(34,35)31-16-14-30(15-17-31)28(33)24-10-12-26(13-11-24)32-22(3)8-9-23(32)4/h8-13,18-19H,14-17H2,1-7H3. The molecule has 0 atom stereocenters. The van der Waals surface area contributed by atoms with Crippen molar-refractivity contribution in [3.63, 3.8) is 0 Å². The molecule has 0 N–H and O–H groups in total. The summed E-state index contributed by atoms with van der Waals surface area (Å²) in [6, 6.07) is 15.7. The molecule has 1 aromatic heterocycles. The molecular weight excluding hydrogens is 470 g/mol. The molecule has 1 aliphatic rings. The minimum absolute atomic E-state index is 0.0540. The molecule has 2 heterocycles. The summed E-state index contributed by atoms with van der Waals surface area (Å²) in [5.74, 6) is -0.0681. The highest BCUT2D eigenvalue weighted by Gasteiger charge is 2.33. The summed E-state index contributed by atoms with van der Waals surface area (Å²) in [6.45, 7) is 15.5. The quantitative estimate of drug-likeness (QED) is 0.490. The second kappa shape index (κ2) is 9.52. The van der Waals surface area contributed by atoms with Gasteiger partial charge in [0.1, 0.15) is 0 Å². The third kappa shape index (κ3) is 4.87. The molecule has 0 saturated carbocycles. The Morgan fingerprint density at radius 1 is 0.778 bits per heavy atom. The molecule has 1 saturated heterocycles. The molecule has 4 rings (SSSR count). The van der Waals surface area contributed by atoms with Gasteiger partial charge in [0.25, 0.3) is 5.91 Å². The van der Waals surface area contributed by atoms with Crippen molar-refractivity contribution in [1.29, 1.82) is 0 Å². The number of benzene rings is 2. The number of rotatable bonds is 4. The molecule has 192 valence electrons. The minimum atomic E-state index is -3.65. The number of carbonyl (C=O) groups excluding carboxylic acids is 1. The number of carbonyl (C=O) groups is 1. The highest BCUT2D eigenvalue weighted by molar-refractivity contribution is 7.89. The second-order valence-corrected chi connectivity index (χ2v) is 12.8. The first-order chi connectivity index (χ1) is 16.8. The van der Waals surface area contributed by atoms with Crippen molar-refractivity contribution in [2.75, 3.05) is 26.2 Å². The summed E-state index contributed by atoms with van der Waals surface area (Å²) in [5, 5.41) is 0. The molecule has 0 bridgehead atoms. The summed E-state index contributed by atoms with van der Waals surface area (Å²) in [7, 11) is -3.65. The van der Waals surface area contributed by atoms with Gasteiger partial charge in [0.05, 0.1) is 4.90 Å². The monoisotopic (exact) mass is 507 g/mol. The summed E-state index contributed by atoms with van der Waals surface area (Å²) >= 11 is 0. The molecule has 0 spiro atoms. The highest BCUT2D eigenvalue weighted by atomic mass is 32.2. The van der Waals surface area contributed by atoms with Crippen LogP contribution in [0.15, 0.2) is 53.4 Å². The third-order valence-corrected chi connectivity index (χ3v) is 9.30. The Kier molecular flexibility index (Phi) is 6.92. The van der Waals surface area contributed by atoms with Gasteiger partial charge >= 0.3 is 0 Å². The van der Waals surface area contributed by atoms with Crippen molar-refractivity contribution >= 4 is 15.9 Å². The maximum absolute atomic E-state index is 13.6. The van der Waals surface area contributed by atoms with Crippen molar-refractivity contribution in [3.05, 3.63) is 82.2 Å². The normalized spacial score (nSPS) is 15.4. The Morgan fingerprint density at radius 2 is 1.28 bits per heavy atom. The van der Waals surface area contributed by atoms with E-state index in [4.69, 9.17) is 0 Å². The van der Waals surface area contributed by atoms with E-state index in [2.05, 4.69) is 51.3 Å². The molecule has 36 heavy (non-hydrogen) atoms. The first-order valence-electron chi connectivity index (χ1n) is 12.5. The first-order valence-corrected chi connectivity index (χ1v) is 13.9. The Bertz CT molecular complexity index is 1350. The molecule has 1 aliphatic heterocycles. The van der Waals surface area contributed by atoms with Crippen molar-refractivity contribution in [1.82, 2.24) is 13.8 Å². The lowest BCUT2D eigenvalue weighted by molar-refractivity contribution is 0.0698. The number of piperazine rings is 1. The topological polar surface area (TPSA) is 62.6 Å². The van der Waals surface area contributed by atoms with Crippen LogP contribution in [0.25, 0.3) is 5.69 Å². The van der Waals surface area contributed by atoms with Gasteiger partial charge in [0.15, 0.2) is 0 Å². The molecule has 3 aromatic rings. The van der Waals surface area contributed by atoms with E-state index in [9.17, 15) is 13.2 Å². The molecule has 0 radical (unpaired) electrons. The van der Waals surface area contributed by atoms with E-state index in [0.29, 0.717) is 23.5 Å². The Balaban J connectivity index is 1.47. The maximum atomic E-state index is 13.6. The fraction of sp³-hybridized carbons (Fsp3) is 0.414. The van der Waals surface area contributed by atoms with Crippen LogP contribution < -0.4 is 0 Å². The average molecular weight is 508 g/mol. The molecule has 7 heteroatoms. The van der Waals surface area contributed by atoms with Crippen LogP contribution in [0.2, 0.25) is 0 Å². The summed E-state index contributed by atoms with van der Waals surface area (Å²) < 4.78 is 30.8. The molecule has 0 unspecified atom stereocenters. The third-order valence-electron chi connectivity index (χ3n) is 7.09. The van der Waals surface area contributed by atoms with Crippen LogP contribution in [0.1, 0.15) is 59.2 Å². The SMILES string of the molecule is Cc1cc(C(C)(C)C)cc(C)c1S(=O)(=O)N1CCN(C(=O)c2ccc(-n3c(C)ccc3C)cc2)CC1. The minimum Gasteiger partial charge on any atom is -0.336 e. The van der Waals surface area contributed by atoms with E-state index in [1.165, 1.54) is 4.31 Å². The zero-order valence-corrected chi connectivity index (χ0v) is 23.2. The van der Waals surface area contributed by atoms with E-state index in [-0.39, 0.29) is 24.4 Å². The number of sulfonamides is 1. The van der Waals surface area contributed by atoms with E-state index < -0.39 is 10.0 Å². The summed E-state index contributed by atoms with van der Waals surface area (Å²) in [6.07, 6.45) is 0. The van der Waals surface area contributed by atoms with Crippen LogP contribution in [-0.2, 0) is 15.4 Å². The van der Waals surface area contributed by atoms with Gasteiger partial charge in [-0.1, -0.05) is 32.9 Å². The van der Waals surface area contributed by atoms with Gasteiger partial charge in [-0.3, -0.25) is 4.79 Å². The lowest BCUT2D eigenvalue weighted by Crippen LogP contribution is -2.50. The molecule has 0 aliphatic carbocycles. The zero-order chi connectivity index (χ0) is 26.4. The van der Waals surface area contributed by atoms with E-state index in [0.717, 1.165) is 33.8 Å². The van der Waals surface area contributed by atoms with Crippen molar-refractivity contribution < 1.29 is 13.2 Å². The van der Waals surface area contributed by atoms with Crippen molar-refractivity contribution in [2.45, 2.75) is 58.8 Å². The average Bonchev–Trinajstić information content (AvgIpc) is 3.15. The molecule has 6 nitrogen and oxygen atoms in total. The van der Waals surface area contributed by atoms with Gasteiger partial charge in [0.2, 0.25) is 10.0 Å².